The molecule has 0 spiro atoms. The van der Waals surface area contributed by atoms with Crippen molar-refractivity contribution >= 4 is 0 Å². The molecular formula is C15H21F2NO2. The van der Waals surface area contributed by atoms with Crippen LogP contribution in [0.15, 0.2) is 18.2 Å². The Bertz CT molecular complexity index is 420. The third-order valence-corrected chi connectivity index (χ3v) is 3.58. The van der Waals surface area contributed by atoms with Gasteiger partial charge in [0.15, 0.2) is 11.6 Å². The molecule has 2 rings (SSSR count). The van der Waals surface area contributed by atoms with Crippen LogP contribution in [0.4, 0.5) is 8.78 Å². The van der Waals surface area contributed by atoms with Crippen molar-refractivity contribution in [2.24, 2.45) is 0 Å². The average molecular weight is 285 g/mol. The van der Waals surface area contributed by atoms with Gasteiger partial charge in [-0.05, 0) is 37.0 Å². The van der Waals surface area contributed by atoms with E-state index in [1.165, 1.54) is 12.1 Å². The highest BCUT2D eigenvalue weighted by Crippen LogP contribution is 2.17. The number of aliphatic hydroxyl groups is 1. The summed E-state index contributed by atoms with van der Waals surface area (Å²) in [6.07, 6.45) is 2.81. The molecule has 1 heterocycles. The van der Waals surface area contributed by atoms with Crippen molar-refractivity contribution in [2.45, 2.75) is 31.9 Å². The van der Waals surface area contributed by atoms with Crippen LogP contribution in [-0.2, 0) is 11.3 Å². The zero-order valence-electron chi connectivity index (χ0n) is 11.5. The molecule has 1 aliphatic rings. The van der Waals surface area contributed by atoms with E-state index in [1.807, 2.05) is 0 Å². The molecule has 3 nitrogen and oxygen atoms in total. The van der Waals surface area contributed by atoms with Crippen molar-refractivity contribution in [3.63, 3.8) is 0 Å². The summed E-state index contributed by atoms with van der Waals surface area (Å²) in [5, 5.41) is 8.70. The number of nitrogens with zero attached hydrogens (tertiary/aromatic N) is 1. The van der Waals surface area contributed by atoms with Gasteiger partial charge in [0.1, 0.15) is 0 Å². The van der Waals surface area contributed by atoms with Gasteiger partial charge < -0.3 is 9.84 Å². The van der Waals surface area contributed by atoms with Gasteiger partial charge in [0.05, 0.1) is 6.10 Å². The first kappa shape index (κ1) is 15.4. The lowest BCUT2D eigenvalue weighted by Gasteiger charge is -2.31. The lowest BCUT2D eigenvalue weighted by Crippen LogP contribution is -2.36. The zero-order valence-corrected chi connectivity index (χ0v) is 11.5. The zero-order chi connectivity index (χ0) is 14.4. The van der Waals surface area contributed by atoms with Crippen LogP contribution in [0.3, 0.4) is 0 Å². The minimum absolute atomic E-state index is 0.162. The average Bonchev–Trinajstić information content (AvgIpc) is 2.45. The van der Waals surface area contributed by atoms with E-state index in [-0.39, 0.29) is 12.7 Å². The van der Waals surface area contributed by atoms with Crippen LogP contribution in [-0.4, -0.2) is 42.4 Å². The summed E-state index contributed by atoms with van der Waals surface area (Å²) < 4.78 is 31.6. The van der Waals surface area contributed by atoms with E-state index in [0.717, 1.165) is 31.5 Å². The van der Waals surface area contributed by atoms with Crippen LogP contribution in [0.1, 0.15) is 24.8 Å². The predicted molar refractivity (Wildman–Crippen MR) is 72.3 cm³/mol. The fourth-order valence-electron chi connectivity index (χ4n) is 2.44. The summed E-state index contributed by atoms with van der Waals surface area (Å²) >= 11 is 0. The van der Waals surface area contributed by atoms with Gasteiger partial charge in [0.2, 0.25) is 0 Å². The van der Waals surface area contributed by atoms with Crippen molar-refractivity contribution in [3.8, 4) is 0 Å². The third-order valence-electron chi connectivity index (χ3n) is 3.58. The summed E-state index contributed by atoms with van der Waals surface area (Å²) in [6.45, 7) is 3.19. The Balaban J connectivity index is 1.75. The largest absolute Gasteiger partial charge is 0.396 e. The van der Waals surface area contributed by atoms with Gasteiger partial charge in [-0.1, -0.05) is 6.07 Å². The second-order valence-corrected chi connectivity index (χ2v) is 5.17. The second-order valence-electron chi connectivity index (χ2n) is 5.17. The SMILES string of the molecule is OCCCOC1CCN(Cc2ccc(F)c(F)c2)CC1. The smallest absolute Gasteiger partial charge is 0.159 e. The fourth-order valence-corrected chi connectivity index (χ4v) is 2.44. The maximum absolute atomic E-state index is 13.1. The quantitative estimate of drug-likeness (QED) is 0.814. The Labute approximate surface area is 118 Å². The van der Waals surface area contributed by atoms with Gasteiger partial charge in [-0.25, -0.2) is 8.78 Å². The van der Waals surface area contributed by atoms with Gasteiger partial charge in [-0.15, -0.1) is 0 Å². The minimum Gasteiger partial charge on any atom is -0.396 e. The maximum atomic E-state index is 13.1. The van der Waals surface area contributed by atoms with Gasteiger partial charge in [-0.3, -0.25) is 4.90 Å². The van der Waals surface area contributed by atoms with E-state index < -0.39 is 11.6 Å². The van der Waals surface area contributed by atoms with E-state index in [4.69, 9.17) is 9.84 Å². The number of piperidine rings is 1. The molecule has 0 aromatic heterocycles. The molecule has 1 aromatic carbocycles. The predicted octanol–water partition coefficient (Wildman–Crippen LogP) is 2.33. The highest BCUT2D eigenvalue weighted by molar-refractivity contribution is 5.17. The molecule has 112 valence electrons. The van der Waals surface area contributed by atoms with E-state index in [1.54, 1.807) is 6.07 Å². The molecular weight excluding hydrogens is 264 g/mol. The first-order valence-electron chi connectivity index (χ1n) is 7.08. The molecule has 1 aliphatic heterocycles. The lowest BCUT2D eigenvalue weighted by atomic mass is 10.1. The first-order valence-corrected chi connectivity index (χ1v) is 7.08. The number of rotatable bonds is 6. The van der Waals surface area contributed by atoms with Crippen molar-refractivity contribution in [1.82, 2.24) is 4.90 Å². The van der Waals surface area contributed by atoms with Crippen LogP contribution in [0.5, 0.6) is 0 Å². The topological polar surface area (TPSA) is 32.7 Å². The molecule has 0 aliphatic carbocycles. The number of hydrogen-bond donors (Lipinski definition) is 1. The summed E-state index contributed by atoms with van der Waals surface area (Å²) in [5.41, 5.74) is 0.795. The normalized spacial score (nSPS) is 17.6. The van der Waals surface area contributed by atoms with Crippen molar-refractivity contribution < 1.29 is 18.6 Å². The fraction of sp³-hybridized carbons (Fsp3) is 0.600. The molecule has 0 amide bonds. The number of ether oxygens (including phenoxy) is 1. The molecule has 0 atom stereocenters. The molecule has 0 unspecified atom stereocenters. The monoisotopic (exact) mass is 285 g/mol. The Morgan fingerprint density at radius 3 is 2.60 bits per heavy atom. The molecule has 20 heavy (non-hydrogen) atoms. The Morgan fingerprint density at radius 2 is 1.95 bits per heavy atom. The van der Waals surface area contributed by atoms with Crippen molar-refractivity contribution in [2.75, 3.05) is 26.3 Å². The maximum Gasteiger partial charge on any atom is 0.159 e. The number of halogens is 2. The van der Waals surface area contributed by atoms with E-state index >= 15 is 0 Å². The molecule has 1 aromatic rings. The van der Waals surface area contributed by atoms with E-state index in [0.29, 0.717) is 19.6 Å². The highest BCUT2D eigenvalue weighted by atomic mass is 19.2. The number of benzene rings is 1. The molecule has 0 saturated carbocycles. The van der Waals surface area contributed by atoms with Gasteiger partial charge in [0.25, 0.3) is 0 Å². The third kappa shape index (κ3) is 4.51. The van der Waals surface area contributed by atoms with Gasteiger partial charge >= 0.3 is 0 Å². The molecule has 1 N–H and O–H groups in total. The summed E-state index contributed by atoms with van der Waals surface area (Å²) in [5.74, 6) is -1.59. The molecule has 0 bridgehead atoms. The summed E-state index contributed by atoms with van der Waals surface area (Å²) in [6, 6.07) is 4.07. The Morgan fingerprint density at radius 1 is 1.20 bits per heavy atom. The molecule has 0 radical (unpaired) electrons. The standard InChI is InChI=1S/C15H21F2NO2/c16-14-3-2-12(10-15(14)17)11-18-6-4-13(5-7-18)20-9-1-8-19/h2-3,10,13,19H,1,4-9,11H2. The molecule has 1 fully saturated rings. The van der Waals surface area contributed by atoms with Crippen LogP contribution in [0.25, 0.3) is 0 Å². The van der Waals surface area contributed by atoms with E-state index in [2.05, 4.69) is 4.90 Å². The van der Waals surface area contributed by atoms with Gasteiger partial charge in [0, 0.05) is 32.8 Å². The summed E-state index contributed by atoms with van der Waals surface area (Å²) in [7, 11) is 0. The van der Waals surface area contributed by atoms with Gasteiger partial charge in [-0.2, -0.15) is 0 Å². The highest BCUT2D eigenvalue weighted by Gasteiger charge is 2.19. The lowest BCUT2D eigenvalue weighted by molar-refractivity contribution is 0.000767. The second kappa shape index (κ2) is 7.67. The molecule has 5 heteroatoms. The van der Waals surface area contributed by atoms with Crippen molar-refractivity contribution in [1.29, 1.82) is 0 Å². The van der Waals surface area contributed by atoms with Crippen LogP contribution >= 0.6 is 0 Å². The Kier molecular flexibility index (Phi) is 5.88. The molecule has 1 saturated heterocycles. The summed E-state index contributed by atoms with van der Waals surface area (Å²) in [4.78, 5) is 2.22. The number of likely N-dealkylation sites (tertiary alicyclic amines) is 1. The van der Waals surface area contributed by atoms with Crippen molar-refractivity contribution in [3.05, 3.63) is 35.4 Å². The van der Waals surface area contributed by atoms with Crippen LogP contribution < -0.4 is 0 Å². The minimum atomic E-state index is -0.801. The van der Waals surface area contributed by atoms with E-state index in [9.17, 15) is 8.78 Å². The van der Waals surface area contributed by atoms with Crippen LogP contribution in [0, 0.1) is 11.6 Å². The number of aliphatic hydroxyl groups excluding tert-OH is 1. The Hall–Kier alpha value is -1.04. The van der Waals surface area contributed by atoms with Crippen LogP contribution in [0.2, 0.25) is 0 Å². The first-order chi connectivity index (χ1) is 9.69. The number of hydrogen-bond acceptors (Lipinski definition) is 3.